The maximum atomic E-state index is 5.01. The number of nitrogens with one attached hydrogen (secondary N) is 2. The van der Waals surface area contributed by atoms with Gasteiger partial charge in [0, 0.05) is 6.54 Å². The smallest absolute Gasteiger partial charge is 0.321 e. The fourth-order valence-electron chi connectivity index (χ4n) is 0.639. The molecule has 2 aliphatic rings. The zero-order valence-corrected chi connectivity index (χ0v) is 3.73. The van der Waals surface area contributed by atoms with Crippen molar-refractivity contribution in [3.63, 3.8) is 0 Å². The topological polar surface area (TPSA) is 55.7 Å². The Morgan fingerprint density at radius 2 is 2.43 bits per heavy atom. The fourth-order valence-corrected chi connectivity index (χ4v) is 0.639. The van der Waals surface area contributed by atoms with Gasteiger partial charge in [-0.05, 0) is 0 Å². The fraction of sp³-hybridized carbons (Fsp3) is 1.00. The summed E-state index contributed by atoms with van der Waals surface area (Å²) >= 11 is 0. The predicted molar refractivity (Wildman–Crippen MR) is 20.9 cm³/mol. The van der Waals surface area contributed by atoms with Crippen molar-refractivity contribution in [3.05, 3.63) is 0 Å². The molecule has 2 N–H and O–H groups in total. The van der Waals surface area contributed by atoms with Crippen LogP contribution in [0.2, 0.25) is 0 Å². The standard InChI is InChI=1S/C3H6N2O2/c1-2-6-3(4-1)5-7-3/h4-5H,1-2H2. The highest BCUT2D eigenvalue weighted by Crippen LogP contribution is 2.19. The lowest BCUT2D eigenvalue weighted by molar-refractivity contribution is -0.00922. The molecule has 0 bridgehead atoms. The van der Waals surface area contributed by atoms with Crippen molar-refractivity contribution >= 4 is 0 Å². The molecule has 2 saturated heterocycles. The highest BCUT2D eigenvalue weighted by molar-refractivity contribution is 4.73. The quantitative estimate of drug-likeness (QED) is 0.375. The van der Waals surface area contributed by atoms with Crippen LogP contribution in [0, 0.1) is 0 Å². The van der Waals surface area contributed by atoms with Gasteiger partial charge in [0.2, 0.25) is 0 Å². The summed E-state index contributed by atoms with van der Waals surface area (Å²) in [5, 5.41) is 2.95. The van der Waals surface area contributed by atoms with Crippen LogP contribution >= 0.6 is 0 Å². The van der Waals surface area contributed by atoms with Crippen molar-refractivity contribution in [1.82, 2.24) is 10.8 Å². The van der Waals surface area contributed by atoms with Gasteiger partial charge in [-0.2, -0.15) is 0 Å². The molecule has 0 aromatic heterocycles. The van der Waals surface area contributed by atoms with E-state index < -0.39 is 6.03 Å². The molecule has 0 aliphatic carbocycles. The van der Waals surface area contributed by atoms with Gasteiger partial charge in [0.05, 0.1) is 6.61 Å². The molecule has 2 aliphatic heterocycles. The molecule has 4 heteroatoms. The monoisotopic (exact) mass is 102 g/mol. The van der Waals surface area contributed by atoms with Crippen LogP contribution in [0.5, 0.6) is 0 Å². The number of hydrogen-bond donors (Lipinski definition) is 2. The third-order valence-electron chi connectivity index (χ3n) is 1.05. The summed E-state index contributed by atoms with van der Waals surface area (Å²) in [5.41, 5.74) is 2.58. The molecular weight excluding hydrogens is 96.0 g/mol. The summed E-state index contributed by atoms with van der Waals surface area (Å²) in [5.74, 6) is 0. The van der Waals surface area contributed by atoms with E-state index in [-0.39, 0.29) is 0 Å². The van der Waals surface area contributed by atoms with E-state index in [0.717, 1.165) is 13.2 Å². The second kappa shape index (κ2) is 0.976. The highest BCUT2D eigenvalue weighted by atomic mass is 17.0. The molecule has 40 valence electrons. The average Bonchev–Trinajstić information content (AvgIpc) is 2.15. The maximum Gasteiger partial charge on any atom is 0.330 e. The summed E-state index contributed by atoms with van der Waals surface area (Å²) in [4.78, 5) is 4.67. The SMILES string of the molecule is C1COC2(N1)NO2. The van der Waals surface area contributed by atoms with Crippen LogP contribution in [-0.4, -0.2) is 19.2 Å². The van der Waals surface area contributed by atoms with Crippen molar-refractivity contribution in [3.8, 4) is 0 Å². The van der Waals surface area contributed by atoms with Gasteiger partial charge in [-0.3, -0.25) is 0 Å². The first-order valence-corrected chi connectivity index (χ1v) is 2.25. The van der Waals surface area contributed by atoms with Crippen molar-refractivity contribution in [2.75, 3.05) is 13.2 Å². The Kier molecular flexibility index (Phi) is 0.529. The number of hydrogen-bond acceptors (Lipinski definition) is 4. The van der Waals surface area contributed by atoms with E-state index in [1.807, 2.05) is 0 Å². The Bertz CT molecular complexity index is 82.9. The first kappa shape index (κ1) is 3.80. The van der Waals surface area contributed by atoms with Crippen LogP contribution in [0.15, 0.2) is 0 Å². The number of hydroxylamine groups is 1. The highest BCUT2D eigenvalue weighted by Gasteiger charge is 2.49. The largest absolute Gasteiger partial charge is 0.330 e. The van der Waals surface area contributed by atoms with E-state index in [0.29, 0.717) is 0 Å². The van der Waals surface area contributed by atoms with Gasteiger partial charge in [-0.25, -0.2) is 10.2 Å². The number of rotatable bonds is 0. The predicted octanol–water partition coefficient (Wildman–Crippen LogP) is -1.25. The maximum absolute atomic E-state index is 5.01. The minimum Gasteiger partial charge on any atom is -0.321 e. The molecule has 1 spiro atoms. The van der Waals surface area contributed by atoms with E-state index >= 15 is 0 Å². The lowest BCUT2D eigenvalue weighted by atomic mass is 10.7. The Labute approximate surface area is 40.7 Å². The molecule has 0 saturated carbocycles. The van der Waals surface area contributed by atoms with E-state index in [4.69, 9.17) is 4.74 Å². The zero-order chi connectivity index (χ0) is 4.74. The van der Waals surface area contributed by atoms with Gasteiger partial charge in [0.1, 0.15) is 0 Å². The molecule has 2 heterocycles. The van der Waals surface area contributed by atoms with E-state index in [9.17, 15) is 0 Å². The van der Waals surface area contributed by atoms with Crippen molar-refractivity contribution in [2.45, 2.75) is 6.03 Å². The van der Waals surface area contributed by atoms with E-state index in [1.54, 1.807) is 0 Å². The van der Waals surface area contributed by atoms with Crippen LogP contribution in [0.25, 0.3) is 0 Å². The van der Waals surface area contributed by atoms with Crippen LogP contribution in [0.4, 0.5) is 0 Å². The van der Waals surface area contributed by atoms with Crippen LogP contribution in [0.3, 0.4) is 0 Å². The molecule has 4 nitrogen and oxygen atoms in total. The van der Waals surface area contributed by atoms with Gasteiger partial charge in [0.15, 0.2) is 0 Å². The van der Waals surface area contributed by atoms with Crippen molar-refractivity contribution in [2.24, 2.45) is 0 Å². The Hall–Kier alpha value is -0.160. The summed E-state index contributed by atoms with van der Waals surface area (Å²) in [6.45, 7) is 1.60. The minimum absolute atomic E-state index is 0.556. The lowest BCUT2D eigenvalue weighted by Gasteiger charge is -1.93. The Balaban J connectivity index is 2.07. The van der Waals surface area contributed by atoms with Gasteiger partial charge in [-0.15, -0.1) is 5.48 Å². The molecule has 0 amide bonds. The van der Waals surface area contributed by atoms with E-state index in [2.05, 4.69) is 15.6 Å². The normalized spacial score (nSPS) is 48.0. The summed E-state index contributed by atoms with van der Waals surface area (Å²) in [6, 6.07) is -0.556. The summed E-state index contributed by atoms with van der Waals surface area (Å²) < 4.78 is 5.01. The molecule has 0 radical (unpaired) electrons. The Morgan fingerprint density at radius 1 is 1.57 bits per heavy atom. The lowest BCUT2D eigenvalue weighted by Crippen LogP contribution is -2.29. The van der Waals surface area contributed by atoms with Crippen LogP contribution in [-0.2, 0) is 9.57 Å². The average molecular weight is 102 g/mol. The third-order valence-corrected chi connectivity index (χ3v) is 1.05. The first-order valence-electron chi connectivity index (χ1n) is 2.25. The molecule has 7 heavy (non-hydrogen) atoms. The Morgan fingerprint density at radius 3 is 2.71 bits per heavy atom. The van der Waals surface area contributed by atoms with Crippen LogP contribution < -0.4 is 10.8 Å². The molecular formula is C3H6N2O2. The minimum atomic E-state index is -0.556. The van der Waals surface area contributed by atoms with Crippen molar-refractivity contribution in [1.29, 1.82) is 0 Å². The van der Waals surface area contributed by atoms with E-state index in [1.165, 1.54) is 0 Å². The molecule has 0 aromatic rings. The number of ether oxygens (including phenoxy) is 1. The zero-order valence-electron chi connectivity index (χ0n) is 3.73. The second-order valence-electron chi connectivity index (χ2n) is 1.60. The van der Waals surface area contributed by atoms with Gasteiger partial charge >= 0.3 is 6.03 Å². The first-order chi connectivity index (χ1) is 3.41. The molecule has 1 atom stereocenters. The van der Waals surface area contributed by atoms with Crippen LogP contribution in [0.1, 0.15) is 0 Å². The third kappa shape index (κ3) is 0.450. The second-order valence-corrected chi connectivity index (χ2v) is 1.60. The summed E-state index contributed by atoms with van der Waals surface area (Å²) in [6.07, 6.45) is 0. The van der Waals surface area contributed by atoms with Gasteiger partial charge in [0.25, 0.3) is 0 Å². The summed E-state index contributed by atoms with van der Waals surface area (Å²) in [7, 11) is 0. The van der Waals surface area contributed by atoms with Crippen molar-refractivity contribution < 1.29 is 9.57 Å². The molecule has 2 fully saturated rings. The van der Waals surface area contributed by atoms with Gasteiger partial charge < -0.3 is 4.74 Å². The molecule has 1 unspecified atom stereocenters. The molecule has 0 aromatic carbocycles. The molecule has 2 rings (SSSR count). The van der Waals surface area contributed by atoms with Gasteiger partial charge in [-0.1, -0.05) is 0 Å².